The summed E-state index contributed by atoms with van der Waals surface area (Å²) in [4.78, 5) is 5.55. The molecular weight excluding hydrogens is 342 g/mol. The molecule has 104 valence electrons. The zero-order valence-electron chi connectivity index (χ0n) is 10.7. The third-order valence-corrected chi connectivity index (χ3v) is 4.71. The second kappa shape index (κ2) is 5.84. The number of hydrogen-bond acceptors (Lipinski definition) is 6. The number of rotatable bonds is 5. The van der Waals surface area contributed by atoms with Gasteiger partial charge in [-0.25, -0.2) is 4.68 Å². The third-order valence-electron chi connectivity index (χ3n) is 2.74. The van der Waals surface area contributed by atoms with Gasteiger partial charge in [0.2, 0.25) is 0 Å². The summed E-state index contributed by atoms with van der Waals surface area (Å²) >= 11 is 5.12. The molecule has 0 aromatic carbocycles. The van der Waals surface area contributed by atoms with Gasteiger partial charge in [-0.05, 0) is 17.9 Å². The second-order valence-electron chi connectivity index (χ2n) is 4.21. The Morgan fingerprint density at radius 3 is 3.15 bits per heavy atom. The van der Waals surface area contributed by atoms with Crippen LogP contribution in [0.15, 0.2) is 28.2 Å². The van der Waals surface area contributed by atoms with Crippen molar-refractivity contribution in [2.24, 2.45) is 0 Å². The van der Waals surface area contributed by atoms with Crippen LogP contribution in [0.1, 0.15) is 29.7 Å². The lowest BCUT2D eigenvalue weighted by Crippen LogP contribution is -2.02. The van der Waals surface area contributed by atoms with Gasteiger partial charge in [-0.15, -0.1) is 16.4 Å². The number of alkyl halides is 1. The Morgan fingerprint density at radius 1 is 1.50 bits per heavy atom. The fourth-order valence-electron chi connectivity index (χ4n) is 1.71. The molecular formula is C12H12BrN5OS. The Labute approximate surface area is 127 Å². The lowest BCUT2D eigenvalue weighted by molar-refractivity contribution is 0.419. The molecule has 3 rings (SSSR count). The molecule has 1 atom stereocenters. The van der Waals surface area contributed by atoms with Crippen LogP contribution in [0.4, 0.5) is 0 Å². The van der Waals surface area contributed by atoms with E-state index in [-0.39, 0.29) is 4.83 Å². The summed E-state index contributed by atoms with van der Waals surface area (Å²) in [6, 6.07) is 3.90. The maximum Gasteiger partial charge on any atom is 0.268 e. The van der Waals surface area contributed by atoms with Crippen LogP contribution < -0.4 is 0 Å². The molecule has 0 bridgehead atoms. The zero-order chi connectivity index (χ0) is 13.9. The minimum atomic E-state index is 0.225. The lowest BCUT2D eigenvalue weighted by Gasteiger charge is -1.98. The Kier molecular flexibility index (Phi) is 3.93. The monoisotopic (exact) mass is 353 g/mol. The summed E-state index contributed by atoms with van der Waals surface area (Å²) in [5.74, 6) is 1.13. The Bertz CT molecular complexity index is 678. The van der Waals surface area contributed by atoms with Gasteiger partial charge in [0, 0.05) is 0 Å². The van der Waals surface area contributed by atoms with Crippen molar-refractivity contribution in [3.8, 4) is 10.8 Å². The van der Waals surface area contributed by atoms with Gasteiger partial charge in [0.15, 0.2) is 5.82 Å². The normalized spacial score (nSPS) is 12.7. The van der Waals surface area contributed by atoms with Gasteiger partial charge in [0.05, 0.1) is 21.6 Å². The smallest absolute Gasteiger partial charge is 0.268 e. The van der Waals surface area contributed by atoms with E-state index in [1.165, 1.54) is 0 Å². The van der Waals surface area contributed by atoms with Gasteiger partial charge < -0.3 is 4.52 Å². The van der Waals surface area contributed by atoms with Crippen molar-refractivity contribution in [1.82, 2.24) is 25.1 Å². The molecule has 3 aromatic heterocycles. The first-order chi connectivity index (χ1) is 9.76. The molecule has 8 heteroatoms. The lowest BCUT2D eigenvalue weighted by atomic mass is 10.3. The first-order valence-electron chi connectivity index (χ1n) is 6.17. The maximum atomic E-state index is 5.24. The van der Waals surface area contributed by atoms with Gasteiger partial charge in [-0.1, -0.05) is 39.3 Å². The highest BCUT2D eigenvalue weighted by molar-refractivity contribution is 9.09. The summed E-state index contributed by atoms with van der Waals surface area (Å²) in [6.45, 7) is 2.54. The highest BCUT2D eigenvalue weighted by Gasteiger charge is 2.13. The largest absolute Gasteiger partial charge is 0.333 e. The summed E-state index contributed by atoms with van der Waals surface area (Å²) in [6.07, 6.45) is 2.85. The first-order valence-corrected chi connectivity index (χ1v) is 7.96. The predicted octanol–water partition coefficient (Wildman–Crippen LogP) is 3.28. The quantitative estimate of drug-likeness (QED) is 0.658. The molecule has 0 fully saturated rings. The molecule has 0 aliphatic carbocycles. The summed E-state index contributed by atoms with van der Waals surface area (Å²) in [5, 5.41) is 14.1. The topological polar surface area (TPSA) is 69.6 Å². The van der Waals surface area contributed by atoms with Crippen molar-refractivity contribution in [2.45, 2.75) is 24.7 Å². The zero-order valence-corrected chi connectivity index (χ0v) is 13.1. The van der Waals surface area contributed by atoms with Crippen LogP contribution in [0.3, 0.4) is 0 Å². The molecule has 3 aromatic rings. The van der Waals surface area contributed by atoms with Crippen LogP contribution in [0.5, 0.6) is 0 Å². The van der Waals surface area contributed by atoms with E-state index in [9.17, 15) is 0 Å². The third kappa shape index (κ3) is 2.80. The SMILES string of the molecule is CCC(Br)c1cn(Cc2noc(-c3cccs3)n2)nn1. The highest BCUT2D eigenvalue weighted by Crippen LogP contribution is 2.24. The highest BCUT2D eigenvalue weighted by atomic mass is 79.9. The molecule has 0 radical (unpaired) electrons. The van der Waals surface area contributed by atoms with Crippen LogP contribution in [-0.4, -0.2) is 25.1 Å². The first kappa shape index (κ1) is 13.4. The van der Waals surface area contributed by atoms with Gasteiger partial charge in [0.1, 0.15) is 6.54 Å². The van der Waals surface area contributed by atoms with E-state index in [1.54, 1.807) is 16.0 Å². The van der Waals surface area contributed by atoms with Gasteiger partial charge in [-0.2, -0.15) is 4.98 Å². The molecule has 0 N–H and O–H groups in total. The minimum absolute atomic E-state index is 0.225. The fourth-order valence-corrected chi connectivity index (χ4v) is 2.56. The van der Waals surface area contributed by atoms with E-state index in [2.05, 4.69) is 43.3 Å². The van der Waals surface area contributed by atoms with Crippen LogP contribution in [0.25, 0.3) is 10.8 Å². The van der Waals surface area contributed by atoms with Crippen molar-refractivity contribution in [2.75, 3.05) is 0 Å². The second-order valence-corrected chi connectivity index (χ2v) is 6.26. The molecule has 0 saturated heterocycles. The van der Waals surface area contributed by atoms with Crippen LogP contribution in [-0.2, 0) is 6.54 Å². The summed E-state index contributed by atoms with van der Waals surface area (Å²) < 4.78 is 6.95. The average Bonchev–Trinajstić information content (AvgIpc) is 3.19. The number of thiophene rings is 1. The van der Waals surface area contributed by atoms with Crippen molar-refractivity contribution < 1.29 is 4.52 Å². The maximum absolute atomic E-state index is 5.24. The Hall–Kier alpha value is -1.54. The van der Waals surface area contributed by atoms with Crippen LogP contribution >= 0.6 is 27.3 Å². The molecule has 0 aliphatic rings. The molecule has 3 heterocycles. The number of hydrogen-bond donors (Lipinski definition) is 0. The van der Waals surface area contributed by atoms with E-state index in [0.717, 1.165) is 17.0 Å². The van der Waals surface area contributed by atoms with E-state index in [0.29, 0.717) is 18.3 Å². The van der Waals surface area contributed by atoms with Crippen molar-refractivity contribution in [3.05, 3.63) is 35.2 Å². The summed E-state index contributed by atoms with van der Waals surface area (Å²) in [7, 11) is 0. The molecule has 20 heavy (non-hydrogen) atoms. The molecule has 6 nitrogen and oxygen atoms in total. The van der Waals surface area contributed by atoms with E-state index < -0.39 is 0 Å². The van der Waals surface area contributed by atoms with E-state index in [4.69, 9.17) is 4.52 Å². The Balaban J connectivity index is 1.73. The van der Waals surface area contributed by atoms with E-state index >= 15 is 0 Å². The van der Waals surface area contributed by atoms with Gasteiger partial charge in [-0.3, -0.25) is 0 Å². The van der Waals surface area contributed by atoms with Gasteiger partial charge >= 0.3 is 0 Å². The average molecular weight is 354 g/mol. The fraction of sp³-hybridized carbons (Fsp3) is 0.333. The molecule has 1 unspecified atom stereocenters. The standard InChI is InChI=1S/C12H12BrN5OS/c1-2-8(13)9-6-18(17-15-9)7-11-14-12(19-16-11)10-4-3-5-20-10/h3-6,8H,2,7H2,1H3. The molecule has 0 amide bonds. The minimum Gasteiger partial charge on any atom is -0.333 e. The van der Waals surface area contributed by atoms with Crippen molar-refractivity contribution in [3.63, 3.8) is 0 Å². The molecule has 0 aliphatic heterocycles. The molecule has 0 spiro atoms. The number of halogens is 1. The predicted molar refractivity (Wildman–Crippen MR) is 78.7 cm³/mol. The number of aromatic nitrogens is 5. The number of nitrogens with zero attached hydrogens (tertiary/aromatic N) is 5. The van der Waals surface area contributed by atoms with Crippen molar-refractivity contribution >= 4 is 27.3 Å². The van der Waals surface area contributed by atoms with Crippen molar-refractivity contribution in [1.29, 1.82) is 0 Å². The van der Waals surface area contributed by atoms with E-state index in [1.807, 2.05) is 23.7 Å². The van der Waals surface area contributed by atoms with Gasteiger partial charge in [0.25, 0.3) is 5.89 Å². The summed E-state index contributed by atoms with van der Waals surface area (Å²) in [5.41, 5.74) is 0.912. The molecule has 0 saturated carbocycles. The Morgan fingerprint density at radius 2 is 2.40 bits per heavy atom. The van der Waals surface area contributed by atoms with Crippen LogP contribution in [0, 0.1) is 0 Å². The van der Waals surface area contributed by atoms with Crippen LogP contribution in [0.2, 0.25) is 0 Å².